The zero-order chi connectivity index (χ0) is 22.0. The first-order valence-electron chi connectivity index (χ1n) is 11.1. The molecule has 0 saturated heterocycles. The second kappa shape index (κ2) is 8.61. The van der Waals surface area contributed by atoms with Crippen molar-refractivity contribution in [1.29, 1.82) is 0 Å². The van der Waals surface area contributed by atoms with E-state index < -0.39 is 0 Å². The summed E-state index contributed by atoms with van der Waals surface area (Å²) in [7, 11) is 1.71. The molecule has 0 aromatic heterocycles. The number of hydrogen-bond acceptors (Lipinski definition) is 4. The fourth-order valence-electron chi connectivity index (χ4n) is 4.97. The lowest BCUT2D eigenvalue weighted by atomic mass is 9.71. The van der Waals surface area contributed by atoms with Crippen LogP contribution >= 0.6 is 0 Å². The van der Waals surface area contributed by atoms with Crippen molar-refractivity contribution >= 4 is 11.7 Å². The molecule has 0 bridgehead atoms. The Morgan fingerprint density at radius 3 is 2.65 bits per heavy atom. The third-order valence-corrected chi connectivity index (χ3v) is 6.96. The molecule has 1 aromatic rings. The van der Waals surface area contributed by atoms with Gasteiger partial charge in [0.2, 0.25) is 0 Å². The number of nitrogens with one attached hydrogen (secondary N) is 2. The molecule has 0 spiro atoms. The summed E-state index contributed by atoms with van der Waals surface area (Å²) >= 11 is 0. The van der Waals surface area contributed by atoms with Crippen molar-refractivity contribution in [3.8, 4) is 0 Å². The average Bonchev–Trinajstić information content (AvgIpc) is 3.30. The number of benzene rings is 1. The minimum Gasteiger partial charge on any atom is -0.497 e. The van der Waals surface area contributed by atoms with Gasteiger partial charge in [-0.2, -0.15) is 5.10 Å². The molecule has 3 aliphatic rings. The number of carbonyl (C=O) groups excluding carboxylic acids is 1. The van der Waals surface area contributed by atoms with E-state index >= 15 is 0 Å². The van der Waals surface area contributed by atoms with Crippen LogP contribution in [0.5, 0.6) is 0 Å². The lowest BCUT2D eigenvalue weighted by Crippen LogP contribution is -2.47. The van der Waals surface area contributed by atoms with Crippen LogP contribution in [-0.4, -0.2) is 36.3 Å². The van der Waals surface area contributed by atoms with Gasteiger partial charge in [-0.05, 0) is 44.4 Å². The standard InChI is InChI=1S/C25H32N4O2/c1-5-25(14-12-19(31-4)13-15-25)21-16-20(27-28-21)22-17(3)29(6-2)24(30)26-23(22)18-10-8-7-9-11-18/h7-14,21,23,28H,5-6,15-16H2,1-4H3,(H,26,30). The summed E-state index contributed by atoms with van der Waals surface area (Å²) < 4.78 is 5.39. The lowest BCUT2D eigenvalue weighted by molar-refractivity contribution is 0.205. The van der Waals surface area contributed by atoms with Gasteiger partial charge in [-0.15, -0.1) is 0 Å². The number of methoxy groups -OCH3 is 1. The van der Waals surface area contributed by atoms with Crippen molar-refractivity contribution in [1.82, 2.24) is 15.6 Å². The molecule has 6 nitrogen and oxygen atoms in total. The summed E-state index contributed by atoms with van der Waals surface area (Å²) in [5.74, 6) is 0.916. The predicted molar refractivity (Wildman–Crippen MR) is 123 cm³/mol. The van der Waals surface area contributed by atoms with Gasteiger partial charge in [0.25, 0.3) is 0 Å². The first kappa shape index (κ1) is 21.2. The van der Waals surface area contributed by atoms with Crippen LogP contribution in [0.25, 0.3) is 0 Å². The van der Waals surface area contributed by atoms with Crippen LogP contribution in [0.1, 0.15) is 51.6 Å². The van der Waals surface area contributed by atoms with E-state index in [-0.39, 0.29) is 23.5 Å². The number of hydrazone groups is 1. The summed E-state index contributed by atoms with van der Waals surface area (Å²) in [5.41, 5.74) is 7.60. The molecule has 164 valence electrons. The zero-order valence-electron chi connectivity index (χ0n) is 18.8. The van der Waals surface area contributed by atoms with Gasteiger partial charge in [-0.3, -0.25) is 4.90 Å². The van der Waals surface area contributed by atoms with E-state index in [1.54, 1.807) is 12.0 Å². The maximum absolute atomic E-state index is 12.7. The first-order chi connectivity index (χ1) is 15.0. The second-order valence-electron chi connectivity index (χ2n) is 8.42. The van der Waals surface area contributed by atoms with E-state index in [1.807, 2.05) is 32.0 Å². The van der Waals surface area contributed by atoms with Crippen LogP contribution in [0.3, 0.4) is 0 Å². The van der Waals surface area contributed by atoms with Crippen molar-refractivity contribution in [2.45, 2.75) is 52.1 Å². The van der Waals surface area contributed by atoms with Crippen LogP contribution in [0.4, 0.5) is 4.79 Å². The highest BCUT2D eigenvalue weighted by Crippen LogP contribution is 2.42. The Morgan fingerprint density at radius 2 is 2.03 bits per heavy atom. The van der Waals surface area contributed by atoms with Crippen LogP contribution in [0.2, 0.25) is 0 Å². The third kappa shape index (κ3) is 3.75. The maximum Gasteiger partial charge on any atom is 0.322 e. The van der Waals surface area contributed by atoms with E-state index in [4.69, 9.17) is 9.84 Å². The average molecular weight is 421 g/mol. The molecular weight excluding hydrogens is 388 g/mol. The smallest absolute Gasteiger partial charge is 0.322 e. The van der Waals surface area contributed by atoms with Crippen LogP contribution in [-0.2, 0) is 4.74 Å². The molecule has 0 saturated carbocycles. The van der Waals surface area contributed by atoms with Crippen molar-refractivity contribution in [2.24, 2.45) is 10.5 Å². The largest absolute Gasteiger partial charge is 0.497 e. The molecule has 31 heavy (non-hydrogen) atoms. The lowest BCUT2D eigenvalue weighted by Gasteiger charge is -2.37. The van der Waals surface area contributed by atoms with Gasteiger partial charge in [0, 0.05) is 29.7 Å². The van der Waals surface area contributed by atoms with Crippen molar-refractivity contribution < 1.29 is 9.53 Å². The van der Waals surface area contributed by atoms with Gasteiger partial charge in [0.15, 0.2) is 0 Å². The molecule has 3 unspecified atom stereocenters. The van der Waals surface area contributed by atoms with Gasteiger partial charge in [-0.25, -0.2) is 4.79 Å². The van der Waals surface area contributed by atoms with E-state index in [0.29, 0.717) is 6.54 Å². The van der Waals surface area contributed by atoms with Crippen molar-refractivity contribution in [2.75, 3.05) is 13.7 Å². The molecule has 2 N–H and O–H groups in total. The number of rotatable bonds is 6. The quantitative estimate of drug-likeness (QED) is 0.704. The van der Waals surface area contributed by atoms with Gasteiger partial charge in [0.05, 0.1) is 24.9 Å². The molecule has 1 aliphatic carbocycles. The number of urea groups is 1. The molecule has 2 heterocycles. The van der Waals surface area contributed by atoms with E-state index in [1.165, 1.54) is 0 Å². The minimum absolute atomic E-state index is 0.00759. The minimum atomic E-state index is -0.199. The highest BCUT2D eigenvalue weighted by atomic mass is 16.5. The first-order valence-corrected chi connectivity index (χ1v) is 11.1. The van der Waals surface area contributed by atoms with Crippen molar-refractivity contribution in [3.63, 3.8) is 0 Å². The van der Waals surface area contributed by atoms with Crippen LogP contribution in [0, 0.1) is 5.41 Å². The Labute approximate surface area is 184 Å². The van der Waals surface area contributed by atoms with E-state index in [0.717, 1.165) is 47.6 Å². The number of nitrogens with zero attached hydrogens (tertiary/aromatic N) is 2. The summed E-state index contributed by atoms with van der Waals surface area (Å²) in [6.07, 6.45) is 9.26. The molecule has 0 fully saturated rings. The van der Waals surface area contributed by atoms with Crippen LogP contribution in [0.15, 0.2) is 70.7 Å². The SMILES string of the molecule is CCN1C(=O)NC(c2ccccc2)C(C2=NNC(C3(CC)C=CC(OC)=CC3)C2)=C1C. The fourth-order valence-corrected chi connectivity index (χ4v) is 4.97. The Morgan fingerprint density at radius 1 is 1.26 bits per heavy atom. The molecule has 2 amide bonds. The Bertz CT molecular complexity index is 963. The number of ether oxygens (including phenoxy) is 1. The molecule has 0 radical (unpaired) electrons. The third-order valence-electron chi connectivity index (χ3n) is 6.96. The normalized spacial score (nSPS) is 28.1. The predicted octanol–water partition coefficient (Wildman–Crippen LogP) is 4.65. The zero-order valence-corrected chi connectivity index (χ0v) is 18.8. The van der Waals surface area contributed by atoms with E-state index in [9.17, 15) is 4.79 Å². The summed E-state index contributed by atoms with van der Waals surface area (Å²) in [4.78, 5) is 14.5. The molecule has 2 aliphatic heterocycles. The topological polar surface area (TPSA) is 66.0 Å². The number of hydrogen-bond donors (Lipinski definition) is 2. The summed E-state index contributed by atoms with van der Waals surface area (Å²) in [5, 5.41) is 8.02. The summed E-state index contributed by atoms with van der Waals surface area (Å²) in [6.45, 7) is 6.89. The fraction of sp³-hybridized carbons (Fsp3) is 0.440. The molecular formula is C25H32N4O2. The second-order valence-corrected chi connectivity index (χ2v) is 8.42. The number of carbonyl (C=O) groups is 1. The van der Waals surface area contributed by atoms with Crippen molar-refractivity contribution in [3.05, 3.63) is 71.2 Å². The number of amides is 2. The van der Waals surface area contributed by atoms with Crippen LogP contribution < -0.4 is 10.7 Å². The summed E-state index contributed by atoms with van der Waals surface area (Å²) in [6, 6.07) is 10.1. The molecule has 4 rings (SSSR count). The van der Waals surface area contributed by atoms with Gasteiger partial charge in [-0.1, -0.05) is 43.3 Å². The number of allylic oxidation sites excluding steroid dienone is 3. The Hall–Kier alpha value is -3.02. The Kier molecular flexibility index (Phi) is 5.90. The molecule has 6 heteroatoms. The van der Waals surface area contributed by atoms with Gasteiger partial charge >= 0.3 is 6.03 Å². The van der Waals surface area contributed by atoms with E-state index in [2.05, 4.69) is 48.0 Å². The van der Waals surface area contributed by atoms with Gasteiger partial charge in [0.1, 0.15) is 5.76 Å². The monoisotopic (exact) mass is 420 g/mol. The molecule has 3 atom stereocenters. The highest BCUT2D eigenvalue weighted by Gasteiger charge is 2.42. The Balaban J connectivity index is 1.65. The highest BCUT2D eigenvalue weighted by molar-refractivity contribution is 6.05. The maximum atomic E-state index is 12.7. The van der Waals surface area contributed by atoms with Gasteiger partial charge < -0.3 is 15.5 Å². The molecule has 1 aromatic carbocycles.